The molecule has 0 rings (SSSR count). The van der Waals surface area contributed by atoms with Crippen molar-refractivity contribution in [3.05, 3.63) is 0 Å². The molecule has 0 bridgehead atoms. The first-order valence-corrected chi connectivity index (χ1v) is 1.63. The Kier molecular flexibility index (Phi) is 1.89. The number of hydrogen-bond acceptors (Lipinski definition) is 2. The van der Waals surface area contributed by atoms with Crippen LogP contribution < -0.4 is 0 Å². The summed E-state index contributed by atoms with van der Waals surface area (Å²) >= 11 is 0. The van der Waals surface area contributed by atoms with Gasteiger partial charge in [-0.2, -0.15) is 13.2 Å². The summed E-state index contributed by atoms with van der Waals surface area (Å²) in [5, 5.41) is 0. The summed E-state index contributed by atoms with van der Waals surface area (Å²) < 4.78 is 36.3. The van der Waals surface area contributed by atoms with Crippen molar-refractivity contribution in [1.29, 1.82) is 0 Å². The second-order valence-electron chi connectivity index (χ2n) is 0.989. The van der Waals surface area contributed by atoms with Crippen LogP contribution in [0.5, 0.6) is 0 Å². The standard InChI is InChI=1S/C2H2BF3O2/c3-8-1(7)2(4,5)6/h3H2. The van der Waals surface area contributed by atoms with Crippen LogP contribution in [0.2, 0.25) is 0 Å². The van der Waals surface area contributed by atoms with Crippen molar-refractivity contribution >= 4 is 14.0 Å². The molecule has 0 radical (unpaired) electrons. The minimum absolute atomic E-state index is 0.676. The van der Waals surface area contributed by atoms with Crippen LogP contribution >= 0.6 is 0 Å². The molecular weight excluding hydrogens is 124 g/mol. The lowest BCUT2D eigenvalue weighted by molar-refractivity contribution is -0.189. The van der Waals surface area contributed by atoms with Crippen molar-refractivity contribution in [2.24, 2.45) is 0 Å². The van der Waals surface area contributed by atoms with E-state index in [2.05, 4.69) is 4.65 Å². The van der Waals surface area contributed by atoms with Gasteiger partial charge in [-0.15, -0.1) is 0 Å². The predicted octanol–water partition coefficient (Wildman–Crippen LogP) is -0.360. The van der Waals surface area contributed by atoms with Crippen molar-refractivity contribution < 1.29 is 22.6 Å². The third-order valence-electron chi connectivity index (χ3n) is 0.417. The van der Waals surface area contributed by atoms with E-state index in [-0.39, 0.29) is 0 Å². The van der Waals surface area contributed by atoms with Crippen LogP contribution in [0.1, 0.15) is 0 Å². The van der Waals surface area contributed by atoms with Crippen molar-refractivity contribution in [1.82, 2.24) is 0 Å². The van der Waals surface area contributed by atoms with Crippen LogP contribution in [-0.2, 0) is 9.45 Å². The quantitative estimate of drug-likeness (QED) is 0.414. The Balaban J connectivity index is 3.82. The molecule has 0 fully saturated rings. The van der Waals surface area contributed by atoms with E-state index in [4.69, 9.17) is 0 Å². The molecule has 0 aliphatic rings. The molecule has 6 heteroatoms. The number of alkyl halides is 3. The Morgan fingerprint density at radius 3 is 1.88 bits per heavy atom. The van der Waals surface area contributed by atoms with Gasteiger partial charge in [-0.25, -0.2) is 4.79 Å². The van der Waals surface area contributed by atoms with E-state index >= 15 is 0 Å². The molecule has 46 valence electrons. The molecule has 0 saturated carbocycles. The number of halogens is 3. The molecular formula is C2H2BF3O2. The fourth-order valence-corrected chi connectivity index (χ4v) is 0.116. The Morgan fingerprint density at radius 2 is 1.88 bits per heavy atom. The van der Waals surface area contributed by atoms with Crippen molar-refractivity contribution in [3.8, 4) is 0 Å². The first kappa shape index (κ1) is 7.32. The second kappa shape index (κ2) is 2.06. The summed E-state index contributed by atoms with van der Waals surface area (Å²) in [4.78, 5) is 9.49. The highest BCUT2D eigenvalue weighted by Gasteiger charge is 2.39. The summed E-state index contributed by atoms with van der Waals surface area (Å²) in [5.74, 6) is -2.17. The number of rotatable bonds is 0. The van der Waals surface area contributed by atoms with Crippen molar-refractivity contribution in [2.75, 3.05) is 0 Å². The van der Waals surface area contributed by atoms with Crippen LogP contribution in [0.15, 0.2) is 0 Å². The first-order valence-electron chi connectivity index (χ1n) is 1.63. The van der Waals surface area contributed by atoms with Gasteiger partial charge in [-0.05, 0) is 0 Å². The maximum atomic E-state index is 11.0. The van der Waals surface area contributed by atoms with Crippen LogP contribution in [0.4, 0.5) is 13.2 Å². The highest BCUT2D eigenvalue weighted by molar-refractivity contribution is 6.06. The fourth-order valence-electron chi connectivity index (χ4n) is 0.116. The number of carbonyl (C=O) groups is 1. The van der Waals surface area contributed by atoms with Crippen molar-refractivity contribution in [2.45, 2.75) is 6.18 Å². The van der Waals surface area contributed by atoms with E-state index in [0.717, 1.165) is 0 Å². The van der Waals surface area contributed by atoms with Gasteiger partial charge in [0, 0.05) is 0 Å². The van der Waals surface area contributed by atoms with Crippen LogP contribution in [0.3, 0.4) is 0 Å². The van der Waals surface area contributed by atoms with Crippen LogP contribution in [0.25, 0.3) is 0 Å². The number of hydrogen-bond donors (Lipinski definition) is 0. The SMILES string of the molecule is BOC(=O)C(F)(F)F. The molecule has 0 aliphatic carbocycles. The molecule has 0 N–H and O–H groups in total. The molecule has 2 nitrogen and oxygen atoms in total. The monoisotopic (exact) mass is 126 g/mol. The molecule has 0 unspecified atom stereocenters. The number of carbonyl (C=O) groups excluding carboxylic acids is 1. The highest BCUT2D eigenvalue weighted by Crippen LogP contribution is 2.15. The van der Waals surface area contributed by atoms with Gasteiger partial charge < -0.3 is 4.65 Å². The Bertz CT molecular complexity index is 97.9. The van der Waals surface area contributed by atoms with Gasteiger partial charge >= 0.3 is 20.2 Å². The van der Waals surface area contributed by atoms with E-state index < -0.39 is 12.1 Å². The van der Waals surface area contributed by atoms with E-state index in [1.54, 1.807) is 0 Å². The largest absolute Gasteiger partial charge is 0.537 e. The lowest BCUT2D eigenvalue weighted by atomic mass is 10.5. The van der Waals surface area contributed by atoms with Gasteiger partial charge in [0.25, 0.3) is 0 Å². The smallest absolute Gasteiger partial charge is 0.489 e. The van der Waals surface area contributed by atoms with Gasteiger partial charge in [0.1, 0.15) is 0 Å². The molecule has 0 aromatic carbocycles. The molecule has 0 saturated heterocycles. The maximum absolute atomic E-state index is 11.0. The molecule has 0 aliphatic heterocycles. The lowest BCUT2D eigenvalue weighted by Crippen LogP contribution is -2.24. The Morgan fingerprint density at radius 1 is 1.50 bits per heavy atom. The summed E-state index contributed by atoms with van der Waals surface area (Å²) in [6.07, 6.45) is -4.85. The highest BCUT2D eigenvalue weighted by atomic mass is 19.4. The lowest BCUT2D eigenvalue weighted by Gasteiger charge is -2.00. The molecule has 8 heavy (non-hydrogen) atoms. The Labute approximate surface area is 44.1 Å². The zero-order chi connectivity index (χ0) is 6.78. The van der Waals surface area contributed by atoms with Gasteiger partial charge in [0.05, 0.1) is 0 Å². The van der Waals surface area contributed by atoms with Gasteiger partial charge in [0.2, 0.25) is 0 Å². The second-order valence-corrected chi connectivity index (χ2v) is 0.989. The Hall–Kier alpha value is -0.675. The van der Waals surface area contributed by atoms with E-state index in [0.29, 0.717) is 8.05 Å². The first-order chi connectivity index (χ1) is 3.48. The average Bonchev–Trinajstić information content (AvgIpc) is 1.62. The molecule has 0 aromatic rings. The van der Waals surface area contributed by atoms with Gasteiger partial charge in [-0.1, -0.05) is 0 Å². The third kappa shape index (κ3) is 1.86. The van der Waals surface area contributed by atoms with E-state index in [9.17, 15) is 18.0 Å². The van der Waals surface area contributed by atoms with E-state index in [1.165, 1.54) is 0 Å². The van der Waals surface area contributed by atoms with Gasteiger partial charge in [-0.3, -0.25) is 0 Å². The summed E-state index contributed by atoms with van der Waals surface area (Å²) in [7, 11) is 0.676. The summed E-state index contributed by atoms with van der Waals surface area (Å²) in [5.41, 5.74) is 0. The molecule has 0 atom stereocenters. The average molecular weight is 126 g/mol. The topological polar surface area (TPSA) is 26.3 Å². The summed E-state index contributed by atoms with van der Waals surface area (Å²) in [6, 6.07) is 0. The third-order valence-corrected chi connectivity index (χ3v) is 0.417. The predicted molar refractivity (Wildman–Crippen MR) is 20.7 cm³/mol. The maximum Gasteiger partial charge on any atom is 0.489 e. The van der Waals surface area contributed by atoms with Crippen LogP contribution in [-0.4, -0.2) is 20.2 Å². The molecule has 0 spiro atoms. The van der Waals surface area contributed by atoms with E-state index in [1.807, 2.05) is 0 Å². The van der Waals surface area contributed by atoms with Gasteiger partial charge in [0.15, 0.2) is 0 Å². The zero-order valence-electron chi connectivity index (χ0n) is 3.95. The van der Waals surface area contributed by atoms with Crippen LogP contribution in [0, 0.1) is 0 Å². The summed E-state index contributed by atoms with van der Waals surface area (Å²) in [6.45, 7) is 0. The minimum Gasteiger partial charge on any atom is -0.537 e. The molecule has 0 heterocycles. The fraction of sp³-hybridized carbons (Fsp3) is 0.500. The normalized spacial score (nSPS) is 10.9. The minimum atomic E-state index is -4.85. The molecule has 0 aromatic heterocycles. The molecule has 0 amide bonds. The van der Waals surface area contributed by atoms with Crippen molar-refractivity contribution in [3.63, 3.8) is 0 Å². The zero-order valence-corrected chi connectivity index (χ0v) is 3.95.